The molecule has 0 saturated carbocycles. The summed E-state index contributed by atoms with van der Waals surface area (Å²) in [4.78, 5) is 22.6. The van der Waals surface area contributed by atoms with Gasteiger partial charge in [0.25, 0.3) is 11.8 Å². The summed E-state index contributed by atoms with van der Waals surface area (Å²) in [6, 6.07) is 10.5. The van der Waals surface area contributed by atoms with Gasteiger partial charge in [-0.25, -0.2) is 18.2 Å². The van der Waals surface area contributed by atoms with Crippen LogP contribution in [0, 0.1) is 5.82 Å². The second-order valence-corrected chi connectivity index (χ2v) is 7.67. The summed E-state index contributed by atoms with van der Waals surface area (Å²) >= 11 is 0. The van der Waals surface area contributed by atoms with E-state index in [1.807, 2.05) is 0 Å². The molecule has 1 unspecified atom stereocenters. The largest absolute Gasteiger partial charge is 0.387 e. The normalized spacial score (nSPS) is 16.1. The SMILES string of the molecule is CC(O)c1ccc(C(=O)Nc2c(-c3ccccc3F)ccnc2N2CCC(F)(F)C2)cn1. The van der Waals surface area contributed by atoms with Crippen molar-refractivity contribution in [3.63, 3.8) is 0 Å². The van der Waals surface area contributed by atoms with Crippen molar-refractivity contribution in [2.75, 3.05) is 23.3 Å². The van der Waals surface area contributed by atoms with Crippen molar-refractivity contribution in [1.29, 1.82) is 0 Å². The Morgan fingerprint density at radius 3 is 2.56 bits per heavy atom. The standard InChI is InChI=1S/C23H21F3N4O2/c1-14(31)19-7-6-15(12-28-19)22(32)29-20-17(16-4-2-3-5-18(16)24)8-10-27-21(20)30-11-9-23(25,26)13-30/h2-8,10,12,14,31H,9,11,13H2,1H3,(H,29,32). The van der Waals surface area contributed by atoms with Gasteiger partial charge in [-0.3, -0.25) is 9.78 Å². The van der Waals surface area contributed by atoms with Crippen molar-refractivity contribution >= 4 is 17.4 Å². The predicted octanol–water partition coefficient (Wildman–Crippen LogP) is 4.43. The number of carbonyl (C=O) groups excluding carboxylic acids is 1. The number of halogens is 3. The molecule has 1 aromatic carbocycles. The van der Waals surface area contributed by atoms with Crippen molar-refractivity contribution in [1.82, 2.24) is 9.97 Å². The monoisotopic (exact) mass is 442 g/mol. The van der Waals surface area contributed by atoms with Gasteiger partial charge in [-0.15, -0.1) is 0 Å². The Morgan fingerprint density at radius 2 is 1.94 bits per heavy atom. The number of nitrogens with zero attached hydrogens (tertiary/aromatic N) is 3. The molecule has 166 valence electrons. The Morgan fingerprint density at radius 1 is 1.16 bits per heavy atom. The Balaban J connectivity index is 1.76. The minimum absolute atomic E-state index is 0.0498. The molecule has 4 rings (SSSR count). The molecule has 3 aromatic rings. The van der Waals surface area contributed by atoms with Crippen LogP contribution in [-0.4, -0.2) is 40.0 Å². The van der Waals surface area contributed by atoms with Crippen LogP contribution in [0.25, 0.3) is 11.1 Å². The summed E-state index contributed by atoms with van der Waals surface area (Å²) in [7, 11) is 0. The number of aromatic nitrogens is 2. The molecular formula is C23H21F3N4O2. The Hall–Kier alpha value is -3.46. The van der Waals surface area contributed by atoms with Gasteiger partial charge >= 0.3 is 0 Å². The third kappa shape index (κ3) is 4.43. The highest BCUT2D eigenvalue weighted by atomic mass is 19.3. The molecular weight excluding hydrogens is 421 g/mol. The number of alkyl halides is 2. The van der Waals surface area contributed by atoms with Crippen LogP contribution in [0.1, 0.15) is 35.5 Å². The third-order valence-electron chi connectivity index (χ3n) is 5.28. The smallest absolute Gasteiger partial charge is 0.266 e. The zero-order valence-corrected chi connectivity index (χ0v) is 17.2. The number of aliphatic hydroxyl groups is 1. The Kier molecular flexibility index (Phi) is 5.84. The fraction of sp³-hybridized carbons (Fsp3) is 0.261. The maximum Gasteiger partial charge on any atom is 0.266 e. The van der Waals surface area contributed by atoms with Gasteiger partial charge in [-0.05, 0) is 31.2 Å². The summed E-state index contributed by atoms with van der Waals surface area (Å²) < 4.78 is 42.3. The molecule has 6 nitrogen and oxygen atoms in total. The summed E-state index contributed by atoms with van der Waals surface area (Å²) in [5.41, 5.74) is 1.26. The van der Waals surface area contributed by atoms with E-state index in [1.54, 1.807) is 19.1 Å². The lowest BCUT2D eigenvalue weighted by Gasteiger charge is -2.23. The molecule has 2 aromatic heterocycles. The van der Waals surface area contributed by atoms with Gasteiger partial charge in [0, 0.05) is 36.5 Å². The van der Waals surface area contributed by atoms with Crippen LogP contribution in [0.3, 0.4) is 0 Å². The first-order chi connectivity index (χ1) is 15.2. The van der Waals surface area contributed by atoms with Crippen LogP contribution in [0.4, 0.5) is 24.7 Å². The lowest BCUT2D eigenvalue weighted by Crippen LogP contribution is -2.27. The van der Waals surface area contributed by atoms with Gasteiger partial charge in [-0.2, -0.15) is 0 Å². The topological polar surface area (TPSA) is 78.3 Å². The summed E-state index contributed by atoms with van der Waals surface area (Å²) in [6.07, 6.45) is 1.58. The lowest BCUT2D eigenvalue weighted by atomic mass is 10.0. The molecule has 9 heteroatoms. The first-order valence-corrected chi connectivity index (χ1v) is 10.1. The average molecular weight is 442 g/mol. The van der Waals surface area contributed by atoms with Gasteiger partial charge in [0.15, 0.2) is 5.82 Å². The van der Waals surface area contributed by atoms with Crippen LogP contribution < -0.4 is 10.2 Å². The molecule has 0 bridgehead atoms. The molecule has 1 amide bonds. The quantitative estimate of drug-likeness (QED) is 0.611. The highest BCUT2D eigenvalue weighted by Crippen LogP contribution is 2.39. The molecule has 0 aliphatic carbocycles. The van der Waals surface area contributed by atoms with Gasteiger partial charge in [0.05, 0.1) is 29.6 Å². The van der Waals surface area contributed by atoms with Crippen LogP contribution in [0.2, 0.25) is 0 Å². The number of hydrogen-bond donors (Lipinski definition) is 2. The number of anilines is 2. The van der Waals surface area contributed by atoms with E-state index in [2.05, 4.69) is 15.3 Å². The second-order valence-electron chi connectivity index (χ2n) is 7.67. The van der Waals surface area contributed by atoms with Crippen molar-refractivity contribution in [3.8, 4) is 11.1 Å². The molecule has 2 N–H and O–H groups in total. The third-order valence-corrected chi connectivity index (χ3v) is 5.28. The first kappa shape index (κ1) is 21.8. The van der Waals surface area contributed by atoms with E-state index in [0.717, 1.165) is 0 Å². The van der Waals surface area contributed by atoms with E-state index in [4.69, 9.17) is 0 Å². The van der Waals surface area contributed by atoms with Gasteiger partial charge in [0.2, 0.25) is 0 Å². The molecule has 3 heterocycles. The highest BCUT2D eigenvalue weighted by molar-refractivity contribution is 6.08. The summed E-state index contributed by atoms with van der Waals surface area (Å²) in [5, 5.41) is 12.3. The molecule has 1 saturated heterocycles. The van der Waals surface area contributed by atoms with E-state index >= 15 is 0 Å². The van der Waals surface area contributed by atoms with Crippen molar-refractivity contribution < 1.29 is 23.1 Å². The zero-order chi connectivity index (χ0) is 22.9. The molecule has 1 aliphatic heterocycles. The summed E-state index contributed by atoms with van der Waals surface area (Å²) in [5.74, 6) is -3.82. The molecule has 0 radical (unpaired) electrons. The number of hydrogen-bond acceptors (Lipinski definition) is 5. The zero-order valence-electron chi connectivity index (χ0n) is 17.2. The number of amides is 1. The highest BCUT2D eigenvalue weighted by Gasteiger charge is 2.40. The first-order valence-electron chi connectivity index (χ1n) is 10.1. The molecule has 1 fully saturated rings. The Bertz CT molecular complexity index is 1140. The van der Waals surface area contributed by atoms with E-state index in [9.17, 15) is 23.1 Å². The summed E-state index contributed by atoms with van der Waals surface area (Å²) in [6.45, 7) is 1.05. The lowest BCUT2D eigenvalue weighted by molar-refractivity contribution is 0.0257. The number of nitrogens with one attached hydrogen (secondary N) is 1. The van der Waals surface area contributed by atoms with Crippen molar-refractivity contribution in [3.05, 3.63) is 71.9 Å². The van der Waals surface area contributed by atoms with Crippen LogP contribution in [0.5, 0.6) is 0 Å². The van der Waals surface area contributed by atoms with Gasteiger partial charge < -0.3 is 15.3 Å². The molecule has 1 aliphatic rings. The van der Waals surface area contributed by atoms with Crippen molar-refractivity contribution in [2.45, 2.75) is 25.4 Å². The number of benzene rings is 1. The fourth-order valence-corrected chi connectivity index (χ4v) is 3.61. The maximum absolute atomic E-state index is 14.6. The predicted molar refractivity (Wildman–Crippen MR) is 114 cm³/mol. The Labute approximate surface area is 182 Å². The molecule has 32 heavy (non-hydrogen) atoms. The minimum Gasteiger partial charge on any atom is -0.387 e. The fourth-order valence-electron chi connectivity index (χ4n) is 3.61. The van der Waals surface area contributed by atoms with Gasteiger partial charge in [0.1, 0.15) is 5.82 Å². The van der Waals surface area contributed by atoms with Crippen LogP contribution in [0.15, 0.2) is 54.9 Å². The van der Waals surface area contributed by atoms with Crippen LogP contribution in [-0.2, 0) is 0 Å². The molecule has 0 spiro atoms. The van der Waals surface area contributed by atoms with E-state index in [1.165, 1.54) is 47.6 Å². The number of carbonyl (C=O) groups is 1. The van der Waals surface area contributed by atoms with E-state index < -0.39 is 30.3 Å². The maximum atomic E-state index is 14.6. The number of rotatable bonds is 5. The second kappa shape index (κ2) is 8.58. The van der Waals surface area contributed by atoms with Crippen LogP contribution >= 0.6 is 0 Å². The van der Waals surface area contributed by atoms with Crippen molar-refractivity contribution in [2.24, 2.45) is 0 Å². The minimum atomic E-state index is -2.88. The van der Waals surface area contributed by atoms with Gasteiger partial charge in [-0.1, -0.05) is 18.2 Å². The van der Waals surface area contributed by atoms with E-state index in [-0.39, 0.29) is 35.6 Å². The number of pyridine rings is 2. The van der Waals surface area contributed by atoms with E-state index in [0.29, 0.717) is 11.3 Å². The molecule has 1 atom stereocenters. The number of aliphatic hydroxyl groups excluding tert-OH is 1. The average Bonchev–Trinajstić information content (AvgIpc) is 3.14.